The van der Waals surface area contributed by atoms with Gasteiger partial charge in [0.25, 0.3) is 0 Å². The van der Waals surface area contributed by atoms with E-state index in [0.717, 1.165) is 11.1 Å². The van der Waals surface area contributed by atoms with Gasteiger partial charge in [-0.05, 0) is 22.0 Å². The molecule has 0 heterocycles. The minimum atomic E-state index is -0.803. The maximum atomic E-state index is 6.48. The summed E-state index contributed by atoms with van der Waals surface area (Å²) >= 11 is 25.9. The molecule has 0 radical (unpaired) electrons. The highest BCUT2D eigenvalue weighted by Gasteiger charge is 2.39. The standard InChI is InChI=1S/C18H26Cl4/c1-15(2,3)17(19,20)11-13-7-9-14(10-8-13)12-18(21,22)16(4,5)6/h7-10H,11-12H2,1-6H3. The molecule has 126 valence electrons. The lowest BCUT2D eigenvalue weighted by atomic mass is 9.86. The second-order valence-corrected chi connectivity index (χ2v) is 11.0. The van der Waals surface area contributed by atoms with Crippen LogP contribution in [0, 0.1) is 10.8 Å². The van der Waals surface area contributed by atoms with Crippen molar-refractivity contribution in [3.8, 4) is 0 Å². The second-order valence-electron chi connectivity index (χ2n) is 8.08. The predicted molar refractivity (Wildman–Crippen MR) is 102 cm³/mol. The van der Waals surface area contributed by atoms with Gasteiger partial charge in [-0.25, -0.2) is 0 Å². The van der Waals surface area contributed by atoms with E-state index in [4.69, 9.17) is 46.4 Å². The van der Waals surface area contributed by atoms with Gasteiger partial charge in [0, 0.05) is 12.8 Å². The zero-order valence-electron chi connectivity index (χ0n) is 14.2. The van der Waals surface area contributed by atoms with Crippen molar-refractivity contribution in [2.45, 2.75) is 63.1 Å². The highest BCUT2D eigenvalue weighted by Crippen LogP contribution is 2.44. The molecule has 0 aromatic heterocycles. The molecule has 0 atom stereocenters. The van der Waals surface area contributed by atoms with E-state index in [1.54, 1.807) is 0 Å². The van der Waals surface area contributed by atoms with Crippen molar-refractivity contribution >= 4 is 46.4 Å². The summed E-state index contributed by atoms with van der Waals surface area (Å²) in [6, 6.07) is 8.19. The number of rotatable bonds is 4. The molecule has 0 saturated heterocycles. The molecule has 0 saturated carbocycles. The summed E-state index contributed by atoms with van der Waals surface area (Å²) in [6.07, 6.45) is 1.21. The maximum Gasteiger partial charge on any atom is 0.127 e. The third-order valence-corrected chi connectivity index (χ3v) is 6.87. The van der Waals surface area contributed by atoms with Gasteiger partial charge in [-0.3, -0.25) is 0 Å². The van der Waals surface area contributed by atoms with Gasteiger partial charge in [0.2, 0.25) is 0 Å². The van der Waals surface area contributed by atoms with E-state index in [9.17, 15) is 0 Å². The van der Waals surface area contributed by atoms with Crippen LogP contribution in [0.25, 0.3) is 0 Å². The van der Waals surface area contributed by atoms with Gasteiger partial charge in [-0.2, -0.15) is 0 Å². The molecule has 0 nitrogen and oxygen atoms in total. The molecule has 0 fully saturated rings. The summed E-state index contributed by atoms with van der Waals surface area (Å²) in [5, 5.41) is 0. The highest BCUT2D eigenvalue weighted by molar-refractivity contribution is 6.49. The molecule has 0 amide bonds. The summed E-state index contributed by atoms with van der Waals surface area (Å²) in [5.41, 5.74) is 1.83. The minimum Gasteiger partial charge on any atom is -0.101 e. The lowest BCUT2D eigenvalue weighted by Gasteiger charge is -2.34. The fourth-order valence-corrected chi connectivity index (χ4v) is 2.44. The van der Waals surface area contributed by atoms with Crippen LogP contribution >= 0.6 is 46.4 Å². The third kappa shape index (κ3) is 5.20. The maximum absolute atomic E-state index is 6.48. The van der Waals surface area contributed by atoms with Gasteiger partial charge < -0.3 is 0 Å². The fraction of sp³-hybridized carbons (Fsp3) is 0.667. The molecular weight excluding hydrogens is 358 g/mol. The van der Waals surface area contributed by atoms with Crippen molar-refractivity contribution in [2.24, 2.45) is 10.8 Å². The molecule has 1 aromatic rings. The van der Waals surface area contributed by atoms with E-state index in [1.165, 1.54) is 0 Å². The van der Waals surface area contributed by atoms with E-state index in [1.807, 2.05) is 65.8 Å². The van der Waals surface area contributed by atoms with Crippen LogP contribution in [0.15, 0.2) is 24.3 Å². The Morgan fingerprint density at radius 3 is 1.00 bits per heavy atom. The van der Waals surface area contributed by atoms with Crippen LogP contribution in [0.2, 0.25) is 0 Å². The van der Waals surface area contributed by atoms with E-state index in [-0.39, 0.29) is 10.8 Å². The van der Waals surface area contributed by atoms with Crippen molar-refractivity contribution in [1.82, 2.24) is 0 Å². The highest BCUT2D eigenvalue weighted by atomic mass is 35.5. The Morgan fingerprint density at radius 1 is 0.591 bits per heavy atom. The quantitative estimate of drug-likeness (QED) is 0.481. The lowest BCUT2D eigenvalue weighted by molar-refractivity contribution is 0.350. The molecular formula is C18H26Cl4. The van der Waals surface area contributed by atoms with Gasteiger partial charge in [0.1, 0.15) is 8.67 Å². The van der Waals surface area contributed by atoms with Crippen molar-refractivity contribution < 1.29 is 0 Å². The third-order valence-electron chi connectivity index (χ3n) is 4.07. The first kappa shape index (κ1) is 20.4. The molecule has 0 aliphatic heterocycles. The van der Waals surface area contributed by atoms with Crippen LogP contribution in [0.1, 0.15) is 52.7 Å². The lowest BCUT2D eigenvalue weighted by Crippen LogP contribution is -2.34. The molecule has 22 heavy (non-hydrogen) atoms. The second kappa shape index (κ2) is 6.71. The minimum absolute atomic E-state index is 0.192. The Balaban J connectivity index is 2.85. The van der Waals surface area contributed by atoms with E-state index < -0.39 is 8.67 Å². The average Bonchev–Trinajstić information content (AvgIpc) is 2.28. The SMILES string of the molecule is CC(C)(C)C(Cl)(Cl)Cc1ccc(CC(Cl)(Cl)C(C)(C)C)cc1. The smallest absolute Gasteiger partial charge is 0.101 e. The molecule has 1 aromatic carbocycles. The molecule has 0 aliphatic carbocycles. The normalized spacial score (nSPS) is 14.3. The van der Waals surface area contributed by atoms with Crippen molar-refractivity contribution in [3.05, 3.63) is 35.4 Å². The van der Waals surface area contributed by atoms with E-state index >= 15 is 0 Å². The largest absolute Gasteiger partial charge is 0.127 e. The van der Waals surface area contributed by atoms with Gasteiger partial charge in [-0.15, -0.1) is 46.4 Å². The predicted octanol–water partition coefficient (Wildman–Crippen LogP) is 7.21. The summed E-state index contributed by atoms with van der Waals surface area (Å²) in [5.74, 6) is 0. The van der Waals surface area contributed by atoms with Crippen molar-refractivity contribution in [3.63, 3.8) is 0 Å². The molecule has 1 rings (SSSR count). The number of halogens is 4. The van der Waals surface area contributed by atoms with Gasteiger partial charge in [0.15, 0.2) is 0 Å². The Hall–Kier alpha value is 0.380. The van der Waals surface area contributed by atoms with Gasteiger partial charge in [-0.1, -0.05) is 65.8 Å². The molecule has 0 spiro atoms. The molecule has 0 N–H and O–H groups in total. The Morgan fingerprint density at radius 2 is 0.818 bits per heavy atom. The van der Waals surface area contributed by atoms with Gasteiger partial charge >= 0.3 is 0 Å². The zero-order chi connectivity index (χ0) is 17.4. The van der Waals surface area contributed by atoms with E-state index in [0.29, 0.717) is 12.8 Å². The summed E-state index contributed by atoms with van der Waals surface area (Å²) < 4.78 is -1.61. The van der Waals surface area contributed by atoms with E-state index in [2.05, 4.69) is 0 Å². The monoisotopic (exact) mass is 382 g/mol. The first-order valence-electron chi connectivity index (χ1n) is 7.49. The summed E-state index contributed by atoms with van der Waals surface area (Å²) in [7, 11) is 0. The van der Waals surface area contributed by atoms with Gasteiger partial charge in [0.05, 0.1) is 0 Å². The average molecular weight is 384 g/mol. The number of benzene rings is 1. The van der Waals surface area contributed by atoms with Crippen LogP contribution in [-0.4, -0.2) is 8.67 Å². The van der Waals surface area contributed by atoms with Crippen LogP contribution in [0.4, 0.5) is 0 Å². The van der Waals surface area contributed by atoms with Crippen LogP contribution in [0.5, 0.6) is 0 Å². The number of hydrogen-bond donors (Lipinski definition) is 0. The summed E-state index contributed by atoms with van der Waals surface area (Å²) in [4.78, 5) is 0. The molecule has 0 unspecified atom stereocenters. The number of hydrogen-bond acceptors (Lipinski definition) is 0. The zero-order valence-corrected chi connectivity index (χ0v) is 17.3. The molecule has 0 bridgehead atoms. The molecule has 4 heteroatoms. The van der Waals surface area contributed by atoms with Crippen LogP contribution in [0.3, 0.4) is 0 Å². The topological polar surface area (TPSA) is 0 Å². The van der Waals surface area contributed by atoms with Crippen molar-refractivity contribution in [2.75, 3.05) is 0 Å². The first-order chi connectivity index (χ1) is 9.66. The number of alkyl halides is 4. The Labute approximate surface area is 155 Å². The van der Waals surface area contributed by atoms with Crippen LogP contribution < -0.4 is 0 Å². The summed E-state index contributed by atoms with van der Waals surface area (Å²) in [6.45, 7) is 12.3. The Kier molecular flexibility index (Phi) is 6.23. The molecule has 0 aliphatic rings. The Bertz CT molecular complexity index is 440. The van der Waals surface area contributed by atoms with Crippen molar-refractivity contribution in [1.29, 1.82) is 0 Å². The van der Waals surface area contributed by atoms with Crippen LogP contribution in [-0.2, 0) is 12.8 Å². The first-order valence-corrected chi connectivity index (χ1v) is 9.00. The fourth-order valence-electron chi connectivity index (χ4n) is 1.82.